The van der Waals surface area contributed by atoms with Gasteiger partial charge in [-0.1, -0.05) is 0 Å². The number of aromatic hydroxyl groups is 1. The van der Waals surface area contributed by atoms with Crippen molar-refractivity contribution < 1.29 is 24.5 Å². The zero-order chi connectivity index (χ0) is 11.4. The summed E-state index contributed by atoms with van der Waals surface area (Å²) in [7, 11) is 0. The van der Waals surface area contributed by atoms with Crippen LogP contribution in [0.3, 0.4) is 0 Å². The lowest BCUT2D eigenvalue weighted by molar-refractivity contribution is -0.136. The summed E-state index contributed by atoms with van der Waals surface area (Å²) >= 11 is 0. The molecule has 0 radical (unpaired) electrons. The lowest BCUT2D eigenvalue weighted by atomic mass is 10.1. The number of ether oxygens (including phenoxy) is 1. The van der Waals surface area contributed by atoms with Crippen molar-refractivity contribution in [2.75, 3.05) is 0 Å². The molecule has 1 rings (SSSR count). The highest BCUT2D eigenvalue weighted by Gasteiger charge is 2.10. The molecule has 0 amide bonds. The third kappa shape index (κ3) is 3.30. The Kier molecular flexibility index (Phi) is 3.28. The standard InChI is InChI=1S/C10H10O5/c1-6(11)15-9-3-2-8(12)4-7(9)5-10(13)14/h2-4,12H,5H2,1H3,(H,13,14). The monoisotopic (exact) mass is 210 g/mol. The molecule has 0 bridgehead atoms. The Bertz CT molecular complexity index is 397. The highest BCUT2D eigenvalue weighted by molar-refractivity contribution is 5.74. The van der Waals surface area contributed by atoms with Gasteiger partial charge in [0, 0.05) is 12.5 Å². The van der Waals surface area contributed by atoms with Gasteiger partial charge in [0.2, 0.25) is 0 Å². The topological polar surface area (TPSA) is 83.8 Å². The largest absolute Gasteiger partial charge is 0.508 e. The van der Waals surface area contributed by atoms with E-state index >= 15 is 0 Å². The summed E-state index contributed by atoms with van der Waals surface area (Å²) in [6, 6.07) is 3.94. The van der Waals surface area contributed by atoms with Crippen molar-refractivity contribution in [2.24, 2.45) is 0 Å². The Hall–Kier alpha value is -2.04. The molecule has 5 nitrogen and oxygen atoms in total. The smallest absolute Gasteiger partial charge is 0.308 e. The van der Waals surface area contributed by atoms with Gasteiger partial charge < -0.3 is 14.9 Å². The molecule has 15 heavy (non-hydrogen) atoms. The predicted molar refractivity (Wildman–Crippen MR) is 50.8 cm³/mol. The average Bonchev–Trinajstić information content (AvgIpc) is 2.08. The minimum absolute atomic E-state index is 0.0675. The number of phenols is 1. The summed E-state index contributed by atoms with van der Waals surface area (Å²) < 4.78 is 4.79. The number of aliphatic carboxylic acids is 1. The molecule has 5 heteroatoms. The summed E-state index contributed by atoms with van der Waals surface area (Å²) in [6.07, 6.45) is -0.309. The zero-order valence-corrected chi connectivity index (χ0v) is 8.06. The van der Waals surface area contributed by atoms with E-state index < -0.39 is 11.9 Å². The van der Waals surface area contributed by atoms with Gasteiger partial charge in [-0.15, -0.1) is 0 Å². The summed E-state index contributed by atoms with van der Waals surface area (Å²) in [5.74, 6) is -1.51. The van der Waals surface area contributed by atoms with Crippen LogP contribution in [0.4, 0.5) is 0 Å². The second-order valence-electron chi connectivity index (χ2n) is 2.96. The molecule has 80 valence electrons. The van der Waals surface area contributed by atoms with Gasteiger partial charge in [-0.25, -0.2) is 0 Å². The molecular weight excluding hydrogens is 200 g/mol. The van der Waals surface area contributed by atoms with E-state index in [9.17, 15) is 9.59 Å². The van der Waals surface area contributed by atoms with Crippen LogP contribution in [0.1, 0.15) is 12.5 Å². The van der Waals surface area contributed by atoms with Crippen molar-refractivity contribution in [2.45, 2.75) is 13.3 Å². The first-order chi connectivity index (χ1) is 6.99. The Morgan fingerprint density at radius 3 is 2.60 bits per heavy atom. The van der Waals surface area contributed by atoms with Crippen molar-refractivity contribution in [1.29, 1.82) is 0 Å². The van der Waals surface area contributed by atoms with Crippen LogP contribution in [0.2, 0.25) is 0 Å². The number of carbonyl (C=O) groups excluding carboxylic acids is 1. The molecule has 0 saturated carbocycles. The van der Waals surface area contributed by atoms with Crippen LogP contribution >= 0.6 is 0 Å². The van der Waals surface area contributed by atoms with E-state index in [4.69, 9.17) is 14.9 Å². The lowest BCUT2D eigenvalue weighted by Crippen LogP contribution is -2.07. The molecule has 0 fully saturated rings. The molecule has 0 unspecified atom stereocenters. The number of carbonyl (C=O) groups is 2. The fourth-order valence-corrected chi connectivity index (χ4v) is 1.12. The lowest BCUT2D eigenvalue weighted by Gasteiger charge is -2.07. The van der Waals surface area contributed by atoms with E-state index in [1.165, 1.54) is 25.1 Å². The first kappa shape index (κ1) is 11.0. The van der Waals surface area contributed by atoms with Gasteiger partial charge in [0.15, 0.2) is 0 Å². The summed E-state index contributed by atoms with van der Waals surface area (Å²) in [5.41, 5.74) is 0.262. The minimum Gasteiger partial charge on any atom is -0.508 e. The molecule has 0 aliphatic carbocycles. The summed E-state index contributed by atoms with van der Waals surface area (Å²) in [4.78, 5) is 21.2. The van der Waals surface area contributed by atoms with Gasteiger partial charge in [-0.05, 0) is 18.2 Å². The maximum absolute atomic E-state index is 10.7. The minimum atomic E-state index is -1.06. The van der Waals surface area contributed by atoms with Crippen LogP contribution in [0.5, 0.6) is 11.5 Å². The van der Waals surface area contributed by atoms with Gasteiger partial charge in [-0.2, -0.15) is 0 Å². The Balaban J connectivity index is 3.02. The van der Waals surface area contributed by atoms with E-state index in [1.54, 1.807) is 0 Å². The first-order valence-electron chi connectivity index (χ1n) is 4.21. The SMILES string of the molecule is CC(=O)Oc1ccc(O)cc1CC(=O)O. The van der Waals surface area contributed by atoms with Gasteiger partial charge in [0.25, 0.3) is 0 Å². The molecule has 0 saturated heterocycles. The molecule has 0 aromatic heterocycles. The maximum Gasteiger partial charge on any atom is 0.308 e. The van der Waals surface area contributed by atoms with Gasteiger partial charge >= 0.3 is 11.9 Å². The Labute approximate surface area is 85.9 Å². The number of esters is 1. The van der Waals surface area contributed by atoms with Crippen LogP contribution in [0.25, 0.3) is 0 Å². The van der Waals surface area contributed by atoms with E-state index in [1.807, 2.05) is 0 Å². The first-order valence-corrected chi connectivity index (χ1v) is 4.21. The second-order valence-corrected chi connectivity index (χ2v) is 2.96. The van der Waals surface area contributed by atoms with Crippen LogP contribution in [0, 0.1) is 0 Å². The zero-order valence-electron chi connectivity index (χ0n) is 8.06. The third-order valence-corrected chi connectivity index (χ3v) is 1.64. The van der Waals surface area contributed by atoms with Crippen LogP contribution in [0.15, 0.2) is 18.2 Å². The quantitative estimate of drug-likeness (QED) is 0.573. The van der Waals surface area contributed by atoms with Crippen molar-refractivity contribution in [3.63, 3.8) is 0 Å². The maximum atomic E-state index is 10.7. The number of benzene rings is 1. The number of hydrogen-bond acceptors (Lipinski definition) is 4. The summed E-state index contributed by atoms with van der Waals surface area (Å²) in [5, 5.41) is 17.7. The number of phenolic OH excluding ortho intramolecular Hbond substituents is 1. The van der Waals surface area contributed by atoms with Crippen molar-refractivity contribution in [1.82, 2.24) is 0 Å². The highest BCUT2D eigenvalue weighted by Crippen LogP contribution is 2.24. The van der Waals surface area contributed by atoms with Crippen molar-refractivity contribution in [3.05, 3.63) is 23.8 Å². The number of hydrogen-bond donors (Lipinski definition) is 2. The van der Waals surface area contributed by atoms with E-state index in [-0.39, 0.29) is 23.5 Å². The fourth-order valence-electron chi connectivity index (χ4n) is 1.12. The molecule has 0 aliphatic rings. The van der Waals surface area contributed by atoms with Crippen LogP contribution in [-0.2, 0) is 16.0 Å². The average molecular weight is 210 g/mol. The molecule has 0 heterocycles. The molecule has 0 spiro atoms. The fraction of sp³-hybridized carbons (Fsp3) is 0.200. The number of carboxylic acids is 1. The predicted octanol–water partition coefficient (Wildman–Crippen LogP) is 0.945. The normalized spacial score (nSPS) is 9.67. The summed E-state index contributed by atoms with van der Waals surface area (Å²) in [6.45, 7) is 1.22. The molecule has 2 N–H and O–H groups in total. The highest BCUT2D eigenvalue weighted by atomic mass is 16.5. The number of carboxylic acid groups (broad SMARTS) is 1. The van der Waals surface area contributed by atoms with E-state index in [0.717, 1.165) is 0 Å². The van der Waals surface area contributed by atoms with Crippen LogP contribution < -0.4 is 4.74 Å². The van der Waals surface area contributed by atoms with Crippen molar-refractivity contribution >= 4 is 11.9 Å². The second kappa shape index (κ2) is 4.45. The van der Waals surface area contributed by atoms with Gasteiger partial charge in [0.05, 0.1) is 6.42 Å². The van der Waals surface area contributed by atoms with Crippen LogP contribution in [-0.4, -0.2) is 22.2 Å². The Morgan fingerprint density at radius 2 is 2.07 bits per heavy atom. The number of rotatable bonds is 3. The molecule has 1 aromatic rings. The Morgan fingerprint density at radius 1 is 1.40 bits per heavy atom. The van der Waals surface area contributed by atoms with E-state index in [0.29, 0.717) is 0 Å². The van der Waals surface area contributed by atoms with E-state index in [2.05, 4.69) is 0 Å². The third-order valence-electron chi connectivity index (χ3n) is 1.64. The van der Waals surface area contributed by atoms with Gasteiger partial charge in [-0.3, -0.25) is 9.59 Å². The van der Waals surface area contributed by atoms with Crippen molar-refractivity contribution in [3.8, 4) is 11.5 Å². The van der Waals surface area contributed by atoms with Gasteiger partial charge in [0.1, 0.15) is 11.5 Å². The molecule has 0 atom stereocenters. The molecular formula is C10H10O5. The molecule has 1 aromatic carbocycles. The molecule has 0 aliphatic heterocycles.